The Morgan fingerprint density at radius 1 is 1.19 bits per heavy atom. The van der Waals surface area contributed by atoms with Crippen LogP contribution in [-0.4, -0.2) is 56.7 Å². The lowest BCUT2D eigenvalue weighted by Crippen LogP contribution is -2.45. The zero-order chi connectivity index (χ0) is 18.1. The van der Waals surface area contributed by atoms with Crippen LogP contribution in [0.5, 0.6) is 0 Å². The van der Waals surface area contributed by atoms with E-state index in [1.807, 2.05) is 37.2 Å². The van der Waals surface area contributed by atoms with Crippen LogP contribution in [0.15, 0.2) is 43.0 Å². The van der Waals surface area contributed by atoms with Gasteiger partial charge in [0, 0.05) is 44.8 Å². The Kier molecular flexibility index (Phi) is 4.28. The third-order valence-electron chi connectivity index (χ3n) is 5.11. The number of carbonyl (C=O) groups is 1. The zero-order valence-corrected chi connectivity index (χ0v) is 15.0. The Labute approximate surface area is 152 Å². The first kappa shape index (κ1) is 16.5. The summed E-state index contributed by atoms with van der Waals surface area (Å²) in [5.74, 6) is 1.01. The second-order valence-electron chi connectivity index (χ2n) is 6.75. The SMILES string of the molecule is CN(C(=O)c1cnn(C)c1)C1CCN(c2ncnc3ccccc23)CC1. The van der Waals surface area contributed by atoms with Crippen LogP contribution in [0.3, 0.4) is 0 Å². The van der Waals surface area contributed by atoms with Gasteiger partial charge in [-0.15, -0.1) is 0 Å². The number of para-hydroxylation sites is 1. The molecule has 4 rings (SSSR count). The van der Waals surface area contributed by atoms with Crippen LogP contribution in [0, 0.1) is 0 Å². The average molecular weight is 350 g/mol. The van der Waals surface area contributed by atoms with Gasteiger partial charge in [0.2, 0.25) is 0 Å². The molecule has 1 fully saturated rings. The summed E-state index contributed by atoms with van der Waals surface area (Å²) in [7, 11) is 3.71. The quantitative estimate of drug-likeness (QED) is 0.724. The molecule has 3 aromatic rings. The number of amides is 1. The number of piperidine rings is 1. The standard InChI is InChI=1S/C19H22N6O/c1-23-12-14(11-22-23)19(26)24(2)15-7-9-25(10-8-15)18-16-5-3-4-6-17(16)20-13-21-18/h3-6,11-13,15H,7-10H2,1-2H3. The number of rotatable bonds is 3. The molecule has 1 aliphatic rings. The van der Waals surface area contributed by atoms with Gasteiger partial charge in [-0.3, -0.25) is 9.48 Å². The minimum Gasteiger partial charge on any atom is -0.356 e. The molecular formula is C19H22N6O. The molecule has 0 saturated carbocycles. The molecule has 1 aromatic carbocycles. The maximum absolute atomic E-state index is 12.6. The van der Waals surface area contributed by atoms with Crippen molar-refractivity contribution in [2.24, 2.45) is 7.05 Å². The second kappa shape index (κ2) is 6.74. The molecule has 1 saturated heterocycles. The lowest BCUT2D eigenvalue weighted by atomic mass is 10.0. The van der Waals surface area contributed by atoms with E-state index in [0.29, 0.717) is 5.56 Å². The van der Waals surface area contributed by atoms with Gasteiger partial charge in [0.05, 0.1) is 17.3 Å². The number of fused-ring (bicyclic) bond motifs is 1. The first-order chi connectivity index (χ1) is 12.6. The van der Waals surface area contributed by atoms with Crippen molar-refractivity contribution >= 4 is 22.6 Å². The van der Waals surface area contributed by atoms with E-state index in [-0.39, 0.29) is 11.9 Å². The highest BCUT2D eigenvalue weighted by atomic mass is 16.2. The van der Waals surface area contributed by atoms with E-state index in [1.165, 1.54) is 0 Å². The van der Waals surface area contributed by atoms with Crippen molar-refractivity contribution in [1.82, 2.24) is 24.6 Å². The normalized spacial score (nSPS) is 15.4. The van der Waals surface area contributed by atoms with Crippen molar-refractivity contribution in [2.75, 3.05) is 25.0 Å². The fourth-order valence-electron chi connectivity index (χ4n) is 3.61. The number of carbonyl (C=O) groups excluding carboxylic acids is 1. The summed E-state index contributed by atoms with van der Waals surface area (Å²) < 4.78 is 1.66. The Morgan fingerprint density at radius 2 is 1.96 bits per heavy atom. The van der Waals surface area contributed by atoms with Crippen molar-refractivity contribution in [1.29, 1.82) is 0 Å². The summed E-state index contributed by atoms with van der Waals surface area (Å²) >= 11 is 0. The van der Waals surface area contributed by atoms with Gasteiger partial charge in [0.1, 0.15) is 12.1 Å². The highest BCUT2D eigenvalue weighted by molar-refractivity contribution is 5.93. The van der Waals surface area contributed by atoms with E-state index in [0.717, 1.165) is 42.7 Å². The number of aryl methyl sites for hydroxylation is 1. The maximum Gasteiger partial charge on any atom is 0.257 e. The summed E-state index contributed by atoms with van der Waals surface area (Å²) in [6.07, 6.45) is 6.85. The van der Waals surface area contributed by atoms with Crippen LogP contribution < -0.4 is 4.90 Å². The van der Waals surface area contributed by atoms with Crippen LogP contribution in [0.2, 0.25) is 0 Å². The van der Waals surface area contributed by atoms with Gasteiger partial charge in [-0.25, -0.2) is 9.97 Å². The highest BCUT2D eigenvalue weighted by Gasteiger charge is 2.27. The number of hydrogen-bond donors (Lipinski definition) is 0. The van der Waals surface area contributed by atoms with Gasteiger partial charge in [0.25, 0.3) is 5.91 Å². The molecule has 0 radical (unpaired) electrons. The van der Waals surface area contributed by atoms with E-state index in [9.17, 15) is 4.79 Å². The molecule has 0 bridgehead atoms. The minimum atomic E-state index is 0.0315. The molecule has 134 valence electrons. The zero-order valence-electron chi connectivity index (χ0n) is 15.0. The number of aromatic nitrogens is 4. The number of anilines is 1. The minimum absolute atomic E-state index is 0.0315. The smallest absolute Gasteiger partial charge is 0.257 e. The molecule has 0 N–H and O–H groups in total. The van der Waals surface area contributed by atoms with Crippen LogP contribution in [0.4, 0.5) is 5.82 Å². The first-order valence-electron chi connectivity index (χ1n) is 8.84. The first-order valence-corrected chi connectivity index (χ1v) is 8.84. The molecule has 7 heteroatoms. The molecular weight excluding hydrogens is 328 g/mol. The Balaban J connectivity index is 1.46. The van der Waals surface area contributed by atoms with Gasteiger partial charge in [-0.2, -0.15) is 5.10 Å². The van der Waals surface area contributed by atoms with Crippen molar-refractivity contribution < 1.29 is 4.79 Å². The maximum atomic E-state index is 12.6. The molecule has 1 amide bonds. The van der Waals surface area contributed by atoms with E-state index in [1.54, 1.807) is 23.4 Å². The van der Waals surface area contributed by atoms with Crippen molar-refractivity contribution in [3.8, 4) is 0 Å². The topological polar surface area (TPSA) is 67.2 Å². The monoisotopic (exact) mass is 350 g/mol. The third kappa shape index (κ3) is 3.00. The van der Waals surface area contributed by atoms with Crippen molar-refractivity contribution in [3.63, 3.8) is 0 Å². The van der Waals surface area contributed by atoms with Crippen LogP contribution >= 0.6 is 0 Å². The second-order valence-corrected chi connectivity index (χ2v) is 6.75. The lowest BCUT2D eigenvalue weighted by molar-refractivity contribution is 0.0709. The van der Waals surface area contributed by atoms with Gasteiger partial charge >= 0.3 is 0 Å². The van der Waals surface area contributed by atoms with Gasteiger partial charge in [-0.05, 0) is 25.0 Å². The fourth-order valence-corrected chi connectivity index (χ4v) is 3.61. The largest absolute Gasteiger partial charge is 0.356 e. The average Bonchev–Trinajstić information content (AvgIpc) is 3.13. The lowest BCUT2D eigenvalue weighted by Gasteiger charge is -2.37. The predicted octanol–water partition coefficient (Wildman–Crippen LogP) is 2.10. The van der Waals surface area contributed by atoms with E-state index in [4.69, 9.17) is 0 Å². The molecule has 1 aliphatic heterocycles. The van der Waals surface area contributed by atoms with Crippen LogP contribution in [0.1, 0.15) is 23.2 Å². The van der Waals surface area contributed by atoms with E-state index in [2.05, 4.69) is 26.0 Å². The number of hydrogen-bond acceptors (Lipinski definition) is 5. The van der Waals surface area contributed by atoms with Gasteiger partial charge in [0.15, 0.2) is 0 Å². The number of benzene rings is 1. The van der Waals surface area contributed by atoms with E-state index >= 15 is 0 Å². The Morgan fingerprint density at radius 3 is 2.69 bits per heavy atom. The van der Waals surface area contributed by atoms with Crippen molar-refractivity contribution in [3.05, 3.63) is 48.5 Å². The highest BCUT2D eigenvalue weighted by Crippen LogP contribution is 2.26. The molecule has 2 aromatic heterocycles. The molecule has 0 aliphatic carbocycles. The molecule has 3 heterocycles. The number of nitrogens with zero attached hydrogens (tertiary/aromatic N) is 6. The van der Waals surface area contributed by atoms with Gasteiger partial charge in [-0.1, -0.05) is 12.1 Å². The summed E-state index contributed by atoms with van der Waals surface area (Å²) in [5, 5.41) is 5.17. The molecule has 0 atom stereocenters. The summed E-state index contributed by atoms with van der Waals surface area (Å²) in [4.78, 5) is 25.6. The summed E-state index contributed by atoms with van der Waals surface area (Å²) in [6, 6.07) is 8.31. The fraction of sp³-hybridized carbons (Fsp3) is 0.368. The third-order valence-corrected chi connectivity index (χ3v) is 5.11. The van der Waals surface area contributed by atoms with Crippen LogP contribution in [-0.2, 0) is 7.05 Å². The summed E-state index contributed by atoms with van der Waals surface area (Å²) in [5.41, 5.74) is 1.60. The molecule has 0 unspecified atom stereocenters. The Hall–Kier alpha value is -2.96. The van der Waals surface area contributed by atoms with Gasteiger partial charge < -0.3 is 9.80 Å². The Bertz CT molecular complexity index is 923. The van der Waals surface area contributed by atoms with E-state index < -0.39 is 0 Å². The summed E-state index contributed by atoms with van der Waals surface area (Å²) in [6.45, 7) is 1.74. The molecule has 7 nitrogen and oxygen atoms in total. The van der Waals surface area contributed by atoms with Crippen LogP contribution in [0.25, 0.3) is 10.9 Å². The van der Waals surface area contributed by atoms with Crippen molar-refractivity contribution in [2.45, 2.75) is 18.9 Å². The molecule has 0 spiro atoms. The molecule has 26 heavy (non-hydrogen) atoms. The predicted molar refractivity (Wildman–Crippen MR) is 100 cm³/mol.